The van der Waals surface area contributed by atoms with Crippen LogP contribution in [-0.2, 0) is 0 Å². The van der Waals surface area contributed by atoms with E-state index in [0.29, 0.717) is 0 Å². The quantitative estimate of drug-likeness (QED) is 0.709. The lowest BCUT2D eigenvalue weighted by Gasteiger charge is -2.10. The van der Waals surface area contributed by atoms with E-state index in [9.17, 15) is 4.39 Å². The first kappa shape index (κ1) is 9.12. The fraction of sp³-hybridized carbons (Fsp3) is 0.400. The van der Waals surface area contributed by atoms with Crippen molar-refractivity contribution in [2.75, 3.05) is 13.1 Å². The van der Waals surface area contributed by atoms with Gasteiger partial charge >= 0.3 is 0 Å². The third kappa shape index (κ3) is 1.73. The Morgan fingerprint density at radius 2 is 2.14 bits per heavy atom. The van der Waals surface area contributed by atoms with Gasteiger partial charge in [0.05, 0.1) is 6.54 Å². The zero-order chi connectivity index (χ0) is 9.97. The number of rotatable bonds is 2. The molecule has 0 bridgehead atoms. The third-order valence-corrected chi connectivity index (χ3v) is 2.32. The van der Waals surface area contributed by atoms with Crippen LogP contribution in [0.15, 0.2) is 34.6 Å². The number of nitrogens with zero attached hydrogens (tertiary/aromatic N) is 3. The maximum atomic E-state index is 12.7. The summed E-state index contributed by atoms with van der Waals surface area (Å²) >= 11 is 0. The SMILES string of the molecule is CCN1CC(c2ccc(F)cc2)N=N1. The summed E-state index contributed by atoms with van der Waals surface area (Å²) in [6, 6.07) is 6.51. The van der Waals surface area contributed by atoms with Gasteiger partial charge in [0, 0.05) is 6.54 Å². The summed E-state index contributed by atoms with van der Waals surface area (Å²) < 4.78 is 12.7. The van der Waals surface area contributed by atoms with Crippen LogP contribution >= 0.6 is 0 Å². The highest BCUT2D eigenvalue weighted by Crippen LogP contribution is 2.24. The van der Waals surface area contributed by atoms with Gasteiger partial charge in [-0.3, -0.25) is 5.01 Å². The molecule has 1 unspecified atom stereocenters. The van der Waals surface area contributed by atoms with Crippen molar-refractivity contribution in [3.63, 3.8) is 0 Å². The predicted octanol–water partition coefficient (Wildman–Crippen LogP) is 2.57. The summed E-state index contributed by atoms with van der Waals surface area (Å²) in [4.78, 5) is 0. The molecule has 3 nitrogen and oxygen atoms in total. The largest absolute Gasteiger partial charge is 0.277 e. The van der Waals surface area contributed by atoms with E-state index >= 15 is 0 Å². The summed E-state index contributed by atoms with van der Waals surface area (Å²) in [6.45, 7) is 3.69. The third-order valence-electron chi connectivity index (χ3n) is 2.32. The second kappa shape index (κ2) is 3.74. The van der Waals surface area contributed by atoms with Gasteiger partial charge < -0.3 is 0 Å². The van der Waals surface area contributed by atoms with Crippen LogP contribution in [0.25, 0.3) is 0 Å². The Balaban J connectivity index is 2.11. The molecule has 1 aromatic rings. The maximum absolute atomic E-state index is 12.7. The molecule has 1 aliphatic heterocycles. The molecule has 0 aromatic heterocycles. The molecule has 0 N–H and O–H groups in total. The molecule has 2 rings (SSSR count). The minimum absolute atomic E-state index is 0.0653. The number of benzene rings is 1. The van der Waals surface area contributed by atoms with Crippen molar-refractivity contribution in [1.29, 1.82) is 0 Å². The van der Waals surface area contributed by atoms with Crippen LogP contribution in [0.2, 0.25) is 0 Å². The van der Waals surface area contributed by atoms with Gasteiger partial charge in [0.1, 0.15) is 11.9 Å². The van der Waals surface area contributed by atoms with Crippen LogP contribution in [0.3, 0.4) is 0 Å². The van der Waals surface area contributed by atoms with Gasteiger partial charge in [0.2, 0.25) is 0 Å². The molecule has 14 heavy (non-hydrogen) atoms. The first-order chi connectivity index (χ1) is 6.79. The number of halogens is 1. The second-order valence-electron chi connectivity index (χ2n) is 3.28. The Bertz CT molecular complexity index is 334. The highest BCUT2D eigenvalue weighted by atomic mass is 19.1. The van der Waals surface area contributed by atoms with Gasteiger partial charge in [0.15, 0.2) is 0 Å². The molecule has 4 heteroatoms. The van der Waals surface area contributed by atoms with Gasteiger partial charge in [0.25, 0.3) is 0 Å². The fourth-order valence-corrected chi connectivity index (χ4v) is 1.46. The Kier molecular flexibility index (Phi) is 2.43. The summed E-state index contributed by atoms with van der Waals surface area (Å²) in [5.74, 6) is -0.212. The molecular formula is C10H12FN3. The van der Waals surface area contributed by atoms with Gasteiger partial charge in [-0.1, -0.05) is 17.4 Å². The average Bonchev–Trinajstić information content (AvgIpc) is 2.67. The van der Waals surface area contributed by atoms with Crippen LogP contribution in [0.1, 0.15) is 18.5 Å². The first-order valence-electron chi connectivity index (χ1n) is 4.71. The van der Waals surface area contributed by atoms with Gasteiger partial charge in [-0.25, -0.2) is 4.39 Å². The van der Waals surface area contributed by atoms with E-state index in [0.717, 1.165) is 18.7 Å². The van der Waals surface area contributed by atoms with E-state index in [1.165, 1.54) is 12.1 Å². The predicted molar refractivity (Wildman–Crippen MR) is 51.2 cm³/mol. The van der Waals surface area contributed by atoms with Crippen LogP contribution in [0, 0.1) is 5.82 Å². The van der Waals surface area contributed by atoms with Crippen LogP contribution in [-0.4, -0.2) is 18.1 Å². The summed E-state index contributed by atoms with van der Waals surface area (Å²) in [7, 11) is 0. The van der Waals surface area contributed by atoms with E-state index in [4.69, 9.17) is 0 Å². The molecular weight excluding hydrogens is 181 g/mol. The molecule has 0 fully saturated rings. The van der Waals surface area contributed by atoms with Crippen molar-refractivity contribution in [3.05, 3.63) is 35.6 Å². The molecule has 0 amide bonds. The Hall–Kier alpha value is -1.45. The van der Waals surface area contributed by atoms with Gasteiger partial charge in [-0.15, -0.1) is 0 Å². The van der Waals surface area contributed by atoms with Crippen LogP contribution in [0.5, 0.6) is 0 Å². The Labute approximate surface area is 82.2 Å². The lowest BCUT2D eigenvalue weighted by Crippen LogP contribution is -2.16. The minimum atomic E-state index is -0.212. The summed E-state index contributed by atoms with van der Waals surface area (Å²) in [5, 5.41) is 10.0. The maximum Gasteiger partial charge on any atom is 0.123 e. The van der Waals surface area contributed by atoms with E-state index in [2.05, 4.69) is 10.3 Å². The topological polar surface area (TPSA) is 28.0 Å². The summed E-state index contributed by atoms with van der Waals surface area (Å²) in [6.07, 6.45) is 0. The molecule has 0 aliphatic carbocycles. The van der Waals surface area contributed by atoms with E-state index in [1.807, 2.05) is 11.9 Å². The average molecular weight is 193 g/mol. The van der Waals surface area contributed by atoms with Crippen molar-refractivity contribution in [1.82, 2.24) is 5.01 Å². The van der Waals surface area contributed by atoms with Crippen LogP contribution < -0.4 is 0 Å². The lowest BCUT2D eigenvalue weighted by molar-refractivity contribution is 0.326. The van der Waals surface area contributed by atoms with Crippen LogP contribution in [0.4, 0.5) is 4.39 Å². The monoisotopic (exact) mass is 193 g/mol. The van der Waals surface area contributed by atoms with Gasteiger partial charge in [-0.05, 0) is 24.6 Å². The fourth-order valence-electron chi connectivity index (χ4n) is 1.46. The number of likely N-dealkylation sites (N-methyl/N-ethyl adjacent to an activating group) is 1. The van der Waals surface area contributed by atoms with E-state index < -0.39 is 0 Å². The van der Waals surface area contributed by atoms with E-state index in [1.54, 1.807) is 12.1 Å². The normalized spacial score (nSPS) is 20.4. The Morgan fingerprint density at radius 3 is 2.71 bits per heavy atom. The standard InChI is InChI=1S/C10H12FN3/c1-2-14-7-10(12-13-14)8-3-5-9(11)6-4-8/h3-6,10H,2,7H2,1H3. The zero-order valence-corrected chi connectivity index (χ0v) is 8.02. The molecule has 74 valence electrons. The number of hydrogen-bond donors (Lipinski definition) is 0. The van der Waals surface area contributed by atoms with Crippen molar-refractivity contribution < 1.29 is 4.39 Å². The highest BCUT2D eigenvalue weighted by molar-refractivity contribution is 5.20. The molecule has 1 heterocycles. The van der Waals surface area contributed by atoms with E-state index in [-0.39, 0.29) is 11.9 Å². The smallest absolute Gasteiger partial charge is 0.123 e. The van der Waals surface area contributed by atoms with Crippen molar-refractivity contribution in [3.8, 4) is 0 Å². The molecule has 1 aromatic carbocycles. The second-order valence-corrected chi connectivity index (χ2v) is 3.28. The minimum Gasteiger partial charge on any atom is -0.277 e. The highest BCUT2D eigenvalue weighted by Gasteiger charge is 2.19. The Morgan fingerprint density at radius 1 is 1.43 bits per heavy atom. The zero-order valence-electron chi connectivity index (χ0n) is 8.02. The first-order valence-corrected chi connectivity index (χ1v) is 4.71. The molecule has 0 saturated carbocycles. The molecule has 1 atom stereocenters. The van der Waals surface area contributed by atoms with Crippen molar-refractivity contribution in [2.45, 2.75) is 13.0 Å². The molecule has 0 saturated heterocycles. The summed E-state index contributed by atoms with van der Waals surface area (Å²) in [5.41, 5.74) is 1.02. The molecule has 0 spiro atoms. The molecule has 0 radical (unpaired) electrons. The lowest BCUT2D eigenvalue weighted by atomic mass is 10.1. The van der Waals surface area contributed by atoms with Crippen molar-refractivity contribution >= 4 is 0 Å². The van der Waals surface area contributed by atoms with Crippen molar-refractivity contribution in [2.24, 2.45) is 10.3 Å². The molecule has 1 aliphatic rings. The van der Waals surface area contributed by atoms with Gasteiger partial charge in [-0.2, -0.15) is 5.11 Å². The number of hydrogen-bond acceptors (Lipinski definition) is 3.